The summed E-state index contributed by atoms with van der Waals surface area (Å²) in [6, 6.07) is 9.79. The standard InChI is InChI=1S/C16H20N4O2/c1-12-10-20(7-8-21-12)16(17)18-9-14-11-22-15(19-14)13-5-3-2-4-6-13/h2-6,11-12H,7-10H2,1H3,(H2,17,18). The van der Waals surface area contributed by atoms with Crippen molar-refractivity contribution in [3.8, 4) is 11.5 Å². The van der Waals surface area contributed by atoms with E-state index in [1.807, 2.05) is 42.2 Å². The minimum atomic E-state index is 0.180. The highest BCUT2D eigenvalue weighted by Crippen LogP contribution is 2.18. The summed E-state index contributed by atoms with van der Waals surface area (Å²) in [5, 5.41) is 0. The number of oxazole rings is 1. The smallest absolute Gasteiger partial charge is 0.226 e. The molecule has 2 aromatic rings. The molecule has 0 amide bonds. The van der Waals surface area contributed by atoms with E-state index >= 15 is 0 Å². The van der Waals surface area contributed by atoms with Gasteiger partial charge in [-0.3, -0.25) is 0 Å². The Bertz CT molecular complexity index is 639. The molecule has 6 heteroatoms. The molecule has 1 fully saturated rings. The zero-order valence-corrected chi connectivity index (χ0v) is 12.6. The first-order valence-electron chi connectivity index (χ1n) is 7.38. The van der Waals surface area contributed by atoms with Gasteiger partial charge in [0.2, 0.25) is 5.89 Å². The van der Waals surface area contributed by atoms with Crippen LogP contribution in [0.4, 0.5) is 0 Å². The number of hydrogen-bond donors (Lipinski definition) is 1. The summed E-state index contributed by atoms with van der Waals surface area (Å²) >= 11 is 0. The SMILES string of the molecule is CC1CN(C(N)=NCc2coc(-c3ccccc3)n2)CCO1. The maximum absolute atomic E-state index is 6.04. The van der Waals surface area contributed by atoms with Gasteiger partial charge < -0.3 is 19.8 Å². The van der Waals surface area contributed by atoms with E-state index in [4.69, 9.17) is 14.9 Å². The monoisotopic (exact) mass is 300 g/mol. The van der Waals surface area contributed by atoms with Crippen molar-refractivity contribution in [3.63, 3.8) is 0 Å². The average molecular weight is 300 g/mol. The summed E-state index contributed by atoms with van der Waals surface area (Å²) in [5.41, 5.74) is 7.76. The summed E-state index contributed by atoms with van der Waals surface area (Å²) in [7, 11) is 0. The molecule has 1 saturated heterocycles. The second-order valence-electron chi connectivity index (χ2n) is 5.31. The molecule has 0 spiro atoms. The lowest BCUT2D eigenvalue weighted by molar-refractivity contribution is 0.00528. The van der Waals surface area contributed by atoms with Crippen LogP contribution in [-0.4, -0.2) is 41.6 Å². The van der Waals surface area contributed by atoms with Gasteiger partial charge in [-0.05, 0) is 19.1 Å². The summed E-state index contributed by atoms with van der Waals surface area (Å²) < 4.78 is 11.0. The van der Waals surface area contributed by atoms with E-state index in [9.17, 15) is 0 Å². The van der Waals surface area contributed by atoms with Crippen LogP contribution in [0.15, 0.2) is 46.0 Å². The van der Waals surface area contributed by atoms with Crippen molar-refractivity contribution in [2.24, 2.45) is 10.7 Å². The fourth-order valence-corrected chi connectivity index (χ4v) is 2.38. The Morgan fingerprint density at radius 3 is 3.00 bits per heavy atom. The predicted octanol–water partition coefficient (Wildman–Crippen LogP) is 1.88. The van der Waals surface area contributed by atoms with Crippen LogP contribution in [0.5, 0.6) is 0 Å². The molecule has 1 unspecified atom stereocenters. The van der Waals surface area contributed by atoms with Gasteiger partial charge in [-0.15, -0.1) is 0 Å². The topological polar surface area (TPSA) is 76.9 Å². The second-order valence-corrected chi connectivity index (χ2v) is 5.31. The van der Waals surface area contributed by atoms with Crippen LogP contribution in [0.1, 0.15) is 12.6 Å². The van der Waals surface area contributed by atoms with Crippen molar-refractivity contribution in [2.45, 2.75) is 19.6 Å². The first kappa shape index (κ1) is 14.6. The highest BCUT2D eigenvalue weighted by Gasteiger charge is 2.18. The lowest BCUT2D eigenvalue weighted by atomic mass is 10.2. The first-order valence-corrected chi connectivity index (χ1v) is 7.38. The van der Waals surface area contributed by atoms with E-state index in [1.54, 1.807) is 6.26 Å². The maximum atomic E-state index is 6.04. The summed E-state index contributed by atoms with van der Waals surface area (Å²) in [6.07, 6.45) is 1.81. The molecule has 1 aromatic carbocycles. The molecule has 1 aromatic heterocycles. The average Bonchev–Trinajstić information content (AvgIpc) is 3.02. The van der Waals surface area contributed by atoms with Crippen molar-refractivity contribution in [2.75, 3.05) is 19.7 Å². The minimum absolute atomic E-state index is 0.180. The molecule has 2 N–H and O–H groups in total. The number of ether oxygens (including phenoxy) is 1. The van der Waals surface area contributed by atoms with Crippen molar-refractivity contribution in [1.82, 2.24) is 9.88 Å². The Morgan fingerprint density at radius 1 is 1.41 bits per heavy atom. The molecule has 116 valence electrons. The quantitative estimate of drug-likeness (QED) is 0.692. The molecule has 0 aliphatic carbocycles. The van der Waals surface area contributed by atoms with Gasteiger partial charge in [0.25, 0.3) is 0 Å². The van der Waals surface area contributed by atoms with Gasteiger partial charge in [0, 0.05) is 18.7 Å². The summed E-state index contributed by atoms with van der Waals surface area (Å²) in [4.78, 5) is 10.9. The van der Waals surface area contributed by atoms with Crippen LogP contribution >= 0.6 is 0 Å². The van der Waals surface area contributed by atoms with Crippen molar-refractivity contribution >= 4 is 5.96 Å². The fourth-order valence-electron chi connectivity index (χ4n) is 2.38. The van der Waals surface area contributed by atoms with Gasteiger partial charge in [-0.1, -0.05) is 18.2 Å². The van der Waals surface area contributed by atoms with Crippen molar-refractivity contribution in [3.05, 3.63) is 42.3 Å². The third-order valence-corrected chi connectivity index (χ3v) is 3.54. The fraction of sp³-hybridized carbons (Fsp3) is 0.375. The van der Waals surface area contributed by atoms with Gasteiger partial charge in [0.05, 0.1) is 19.3 Å². The Labute approximate surface area is 129 Å². The van der Waals surface area contributed by atoms with Crippen LogP contribution < -0.4 is 5.73 Å². The largest absolute Gasteiger partial charge is 0.444 e. The number of aromatic nitrogens is 1. The number of rotatable bonds is 3. The Hall–Kier alpha value is -2.34. The van der Waals surface area contributed by atoms with Crippen LogP contribution in [0.2, 0.25) is 0 Å². The molecule has 1 aliphatic heterocycles. The van der Waals surface area contributed by atoms with Crippen LogP contribution in [0.3, 0.4) is 0 Å². The number of nitrogens with zero attached hydrogens (tertiary/aromatic N) is 3. The lowest BCUT2D eigenvalue weighted by Gasteiger charge is -2.31. The molecule has 6 nitrogen and oxygen atoms in total. The Balaban J connectivity index is 1.64. The summed E-state index contributed by atoms with van der Waals surface area (Å²) in [5.74, 6) is 1.13. The lowest BCUT2D eigenvalue weighted by Crippen LogP contribution is -2.47. The molecular formula is C16H20N4O2. The van der Waals surface area contributed by atoms with Gasteiger partial charge in [-0.2, -0.15) is 0 Å². The van der Waals surface area contributed by atoms with Crippen molar-refractivity contribution < 1.29 is 9.15 Å². The third-order valence-electron chi connectivity index (χ3n) is 3.54. The van der Waals surface area contributed by atoms with E-state index in [2.05, 4.69) is 9.98 Å². The Kier molecular flexibility index (Phi) is 4.39. The molecule has 0 saturated carbocycles. The second kappa shape index (κ2) is 6.62. The molecule has 1 atom stereocenters. The van der Waals surface area contributed by atoms with Crippen LogP contribution in [-0.2, 0) is 11.3 Å². The normalized spacial score (nSPS) is 19.4. The number of morpholine rings is 1. The molecule has 22 heavy (non-hydrogen) atoms. The number of guanidine groups is 1. The van der Waals surface area contributed by atoms with Crippen LogP contribution in [0.25, 0.3) is 11.5 Å². The zero-order valence-electron chi connectivity index (χ0n) is 12.6. The molecule has 1 aliphatic rings. The number of nitrogens with two attached hydrogens (primary N) is 1. The number of benzene rings is 1. The number of aliphatic imine (C=N–C) groups is 1. The highest BCUT2D eigenvalue weighted by atomic mass is 16.5. The maximum Gasteiger partial charge on any atom is 0.226 e. The molecule has 3 rings (SSSR count). The Morgan fingerprint density at radius 2 is 2.23 bits per heavy atom. The number of hydrogen-bond acceptors (Lipinski definition) is 4. The van der Waals surface area contributed by atoms with Gasteiger partial charge in [0.15, 0.2) is 5.96 Å². The van der Waals surface area contributed by atoms with E-state index in [0.717, 1.165) is 24.3 Å². The molecule has 0 radical (unpaired) electrons. The zero-order chi connectivity index (χ0) is 15.4. The molecule has 0 bridgehead atoms. The van der Waals surface area contributed by atoms with Crippen LogP contribution in [0, 0.1) is 0 Å². The molecule has 2 heterocycles. The van der Waals surface area contributed by atoms with E-state index in [-0.39, 0.29) is 6.10 Å². The minimum Gasteiger partial charge on any atom is -0.444 e. The predicted molar refractivity (Wildman–Crippen MR) is 84.3 cm³/mol. The van der Waals surface area contributed by atoms with Gasteiger partial charge in [-0.25, -0.2) is 9.98 Å². The van der Waals surface area contributed by atoms with Gasteiger partial charge in [0.1, 0.15) is 12.0 Å². The van der Waals surface area contributed by atoms with E-state index in [1.165, 1.54) is 0 Å². The third kappa shape index (κ3) is 3.46. The molecular weight excluding hydrogens is 280 g/mol. The first-order chi connectivity index (χ1) is 10.7. The summed E-state index contributed by atoms with van der Waals surface area (Å²) in [6.45, 7) is 4.66. The van der Waals surface area contributed by atoms with Gasteiger partial charge >= 0.3 is 0 Å². The van der Waals surface area contributed by atoms with E-state index in [0.29, 0.717) is 25.0 Å². The van der Waals surface area contributed by atoms with Crippen molar-refractivity contribution in [1.29, 1.82) is 0 Å². The van der Waals surface area contributed by atoms with E-state index < -0.39 is 0 Å². The highest BCUT2D eigenvalue weighted by molar-refractivity contribution is 5.78.